The van der Waals surface area contributed by atoms with Crippen molar-refractivity contribution >= 4 is 5.91 Å². The molecule has 25 heavy (non-hydrogen) atoms. The van der Waals surface area contributed by atoms with E-state index in [0.717, 1.165) is 40.8 Å². The number of aromatic nitrogens is 1. The summed E-state index contributed by atoms with van der Waals surface area (Å²) in [6, 6.07) is 20.3. The van der Waals surface area contributed by atoms with Crippen LogP contribution in [-0.2, 0) is 0 Å². The Morgan fingerprint density at radius 2 is 1.48 bits per heavy atom. The molecule has 1 heterocycles. The van der Waals surface area contributed by atoms with Crippen LogP contribution in [0.2, 0.25) is 0 Å². The largest absolute Gasteiger partial charge is 0.354 e. The van der Waals surface area contributed by atoms with E-state index in [1.54, 1.807) is 0 Å². The summed E-state index contributed by atoms with van der Waals surface area (Å²) in [7, 11) is 0. The van der Waals surface area contributed by atoms with Gasteiger partial charge in [0.15, 0.2) is 0 Å². The molecule has 0 bridgehead atoms. The minimum Gasteiger partial charge on any atom is -0.354 e. The molecule has 128 valence electrons. The molecule has 0 unspecified atom stereocenters. The molecule has 0 saturated carbocycles. The summed E-state index contributed by atoms with van der Waals surface area (Å²) in [6.07, 6.45) is 2.04. The highest BCUT2D eigenvalue weighted by Gasteiger charge is 2.22. The Bertz CT molecular complexity index is 835. The molecule has 0 aliphatic carbocycles. The van der Waals surface area contributed by atoms with Crippen LogP contribution in [0.5, 0.6) is 0 Å². The highest BCUT2D eigenvalue weighted by atomic mass is 16.1. The van der Waals surface area contributed by atoms with Crippen LogP contribution in [0.25, 0.3) is 22.3 Å². The first-order chi connectivity index (χ1) is 12.2. The third-order valence-corrected chi connectivity index (χ3v) is 4.36. The second kappa shape index (κ2) is 7.84. The minimum absolute atomic E-state index is 0.0439. The Kier molecular flexibility index (Phi) is 5.34. The van der Waals surface area contributed by atoms with Gasteiger partial charge in [-0.2, -0.15) is 0 Å². The average Bonchev–Trinajstić information content (AvgIpc) is 3.00. The number of carbonyl (C=O) groups excluding carboxylic acids is 1. The van der Waals surface area contributed by atoms with Crippen LogP contribution in [0.3, 0.4) is 0 Å². The zero-order valence-electron chi connectivity index (χ0n) is 14.8. The molecule has 3 heteroatoms. The number of carbonyl (C=O) groups is 1. The Labute approximate surface area is 149 Å². The van der Waals surface area contributed by atoms with Crippen LogP contribution >= 0.6 is 0 Å². The molecule has 3 aromatic rings. The van der Waals surface area contributed by atoms with Crippen LogP contribution in [0.1, 0.15) is 35.9 Å². The van der Waals surface area contributed by atoms with Crippen molar-refractivity contribution in [1.82, 2.24) is 10.3 Å². The van der Waals surface area contributed by atoms with Gasteiger partial charge in [0.05, 0.1) is 0 Å². The van der Waals surface area contributed by atoms with Crippen molar-refractivity contribution in [1.29, 1.82) is 0 Å². The van der Waals surface area contributed by atoms with Crippen molar-refractivity contribution in [3.8, 4) is 22.3 Å². The van der Waals surface area contributed by atoms with Crippen LogP contribution in [0.4, 0.5) is 0 Å². The highest BCUT2D eigenvalue weighted by molar-refractivity contribution is 6.04. The number of hydrogen-bond donors (Lipinski definition) is 2. The van der Waals surface area contributed by atoms with Gasteiger partial charge in [-0.3, -0.25) is 4.79 Å². The van der Waals surface area contributed by atoms with Crippen LogP contribution in [0, 0.1) is 6.92 Å². The van der Waals surface area contributed by atoms with E-state index < -0.39 is 0 Å². The van der Waals surface area contributed by atoms with Gasteiger partial charge in [-0.05, 0) is 24.5 Å². The number of hydrogen-bond acceptors (Lipinski definition) is 1. The van der Waals surface area contributed by atoms with Crippen molar-refractivity contribution < 1.29 is 4.79 Å². The predicted octanol–water partition coefficient (Wildman–Crippen LogP) is 5.19. The van der Waals surface area contributed by atoms with E-state index in [1.165, 1.54) is 0 Å². The monoisotopic (exact) mass is 332 g/mol. The molecule has 0 atom stereocenters. The predicted molar refractivity (Wildman–Crippen MR) is 104 cm³/mol. The number of amides is 1. The van der Waals surface area contributed by atoms with E-state index in [-0.39, 0.29) is 5.91 Å². The number of nitrogens with one attached hydrogen (secondary N) is 2. The number of unbranched alkanes of at least 4 members (excludes halogenated alkanes) is 1. The number of aryl methyl sites for hydroxylation is 1. The maximum Gasteiger partial charge on any atom is 0.268 e. The smallest absolute Gasteiger partial charge is 0.268 e. The van der Waals surface area contributed by atoms with Gasteiger partial charge in [-0.25, -0.2) is 0 Å². The summed E-state index contributed by atoms with van der Waals surface area (Å²) in [5.41, 5.74) is 5.86. The zero-order valence-corrected chi connectivity index (χ0v) is 14.8. The number of H-pyrrole nitrogens is 1. The van der Waals surface area contributed by atoms with E-state index in [0.29, 0.717) is 12.2 Å². The first kappa shape index (κ1) is 17.0. The van der Waals surface area contributed by atoms with Gasteiger partial charge in [-0.1, -0.05) is 74.0 Å². The summed E-state index contributed by atoms with van der Waals surface area (Å²) in [5, 5.41) is 3.03. The summed E-state index contributed by atoms with van der Waals surface area (Å²) in [6.45, 7) is 4.84. The molecular formula is C22H24N2O. The normalized spacial score (nSPS) is 10.6. The van der Waals surface area contributed by atoms with Gasteiger partial charge in [0.1, 0.15) is 5.69 Å². The molecule has 2 aromatic carbocycles. The molecule has 0 aliphatic rings. The summed E-state index contributed by atoms with van der Waals surface area (Å²) >= 11 is 0. The van der Waals surface area contributed by atoms with E-state index in [2.05, 4.69) is 41.5 Å². The Balaban J connectivity index is 2.12. The van der Waals surface area contributed by atoms with E-state index in [1.807, 2.05) is 43.3 Å². The Morgan fingerprint density at radius 3 is 2.04 bits per heavy atom. The van der Waals surface area contributed by atoms with Crippen molar-refractivity contribution in [3.63, 3.8) is 0 Å². The van der Waals surface area contributed by atoms with Crippen molar-refractivity contribution in [2.45, 2.75) is 26.7 Å². The van der Waals surface area contributed by atoms with Crippen molar-refractivity contribution in [2.24, 2.45) is 0 Å². The van der Waals surface area contributed by atoms with Gasteiger partial charge in [0.2, 0.25) is 0 Å². The van der Waals surface area contributed by atoms with E-state index in [4.69, 9.17) is 0 Å². The van der Waals surface area contributed by atoms with Crippen LogP contribution in [-0.4, -0.2) is 17.4 Å². The number of rotatable bonds is 6. The molecule has 2 N–H and O–H groups in total. The van der Waals surface area contributed by atoms with E-state index in [9.17, 15) is 4.79 Å². The first-order valence-corrected chi connectivity index (χ1v) is 8.84. The molecule has 3 nitrogen and oxygen atoms in total. The topological polar surface area (TPSA) is 44.9 Å². The van der Waals surface area contributed by atoms with Gasteiger partial charge in [0, 0.05) is 23.4 Å². The first-order valence-electron chi connectivity index (χ1n) is 8.84. The van der Waals surface area contributed by atoms with Crippen molar-refractivity contribution in [2.75, 3.05) is 6.54 Å². The molecule has 0 radical (unpaired) electrons. The number of benzene rings is 2. The average molecular weight is 332 g/mol. The maximum atomic E-state index is 12.8. The van der Waals surface area contributed by atoms with Crippen LogP contribution in [0.15, 0.2) is 60.7 Å². The fourth-order valence-electron chi connectivity index (χ4n) is 3.12. The molecule has 0 fully saturated rings. The SMILES string of the molecule is CCCCNC(=O)c1[nH]c(C)c(-c2ccccc2)c1-c1ccccc1. The summed E-state index contributed by atoms with van der Waals surface area (Å²) in [4.78, 5) is 16.1. The molecule has 0 aliphatic heterocycles. The molecule has 3 rings (SSSR count). The Morgan fingerprint density at radius 1 is 0.920 bits per heavy atom. The second-order valence-corrected chi connectivity index (χ2v) is 6.22. The molecular weight excluding hydrogens is 308 g/mol. The lowest BCUT2D eigenvalue weighted by molar-refractivity contribution is 0.0949. The third kappa shape index (κ3) is 3.66. The lowest BCUT2D eigenvalue weighted by atomic mass is 9.95. The standard InChI is InChI=1S/C22H24N2O/c1-3-4-15-23-22(25)21-20(18-13-9-6-10-14-18)19(16(2)24-21)17-11-7-5-8-12-17/h5-14,24H,3-4,15H2,1-2H3,(H,23,25). The second-order valence-electron chi connectivity index (χ2n) is 6.22. The fraction of sp³-hybridized carbons (Fsp3) is 0.227. The number of aromatic amines is 1. The molecule has 0 spiro atoms. The summed E-state index contributed by atoms with van der Waals surface area (Å²) in [5.74, 6) is -0.0439. The van der Waals surface area contributed by atoms with Gasteiger partial charge < -0.3 is 10.3 Å². The fourth-order valence-corrected chi connectivity index (χ4v) is 3.12. The highest BCUT2D eigenvalue weighted by Crippen LogP contribution is 2.37. The Hall–Kier alpha value is -2.81. The van der Waals surface area contributed by atoms with Gasteiger partial charge in [0.25, 0.3) is 5.91 Å². The van der Waals surface area contributed by atoms with Crippen molar-refractivity contribution in [3.05, 3.63) is 72.1 Å². The zero-order chi connectivity index (χ0) is 17.6. The van der Waals surface area contributed by atoms with Gasteiger partial charge >= 0.3 is 0 Å². The third-order valence-electron chi connectivity index (χ3n) is 4.36. The quantitative estimate of drug-likeness (QED) is 0.600. The summed E-state index contributed by atoms with van der Waals surface area (Å²) < 4.78 is 0. The molecule has 1 amide bonds. The van der Waals surface area contributed by atoms with Crippen LogP contribution < -0.4 is 5.32 Å². The van der Waals surface area contributed by atoms with Gasteiger partial charge in [-0.15, -0.1) is 0 Å². The lowest BCUT2D eigenvalue weighted by Gasteiger charge is -2.09. The molecule has 1 aromatic heterocycles. The molecule has 0 saturated heterocycles. The van der Waals surface area contributed by atoms with E-state index >= 15 is 0 Å². The minimum atomic E-state index is -0.0439. The maximum absolute atomic E-state index is 12.8. The lowest BCUT2D eigenvalue weighted by Crippen LogP contribution is -2.25.